The molecule has 7 heavy (non-hydrogen) atoms. The van der Waals surface area contributed by atoms with Crippen molar-refractivity contribution in [3.05, 3.63) is 12.8 Å². The average molecular weight is 101 g/mol. The molecule has 0 rings (SSSR count). The first kappa shape index (κ1) is 6.34. The lowest BCUT2D eigenvalue weighted by molar-refractivity contribution is 0.461. The summed E-state index contributed by atoms with van der Waals surface area (Å²) in [6.45, 7) is 4.68. The molecule has 0 heterocycles. The lowest BCUT2D eigenvalue weighted by atomic mass is 10.5. The van der Waals surface area contributed by atoms with E-state index in [1.54, 1.807) is 0 Å². The number of aliphatic imine (C=N–C) groups is 1. The van der Waals surface area contributed by atoms with Crippen molar-refractivity contribution in [2.24, 2.45) is 4.99 Å². The Morgan fingerprint density at radius 1 is 1.86 bits per heavy atom. The first-order chi connectivity index (χ1) is 3.27. The molecule has 40 valence electrons. The highest BCUT2D eigenvalue weighted by Gasteiger charge is 1.84. The van der Waals surface area contributed by atoms with E-state index in [9.17, 15) is 4.39 Å². The van der Waals surface area contributed by atoms with Crippen LogP contribution < -0.4 is 0 Å². The Kier molecular flexibility index (Phi) is 3.19. The Labute approximate surface area is 42.6 Å². The Morgan fingerprint density at radius 3 is 2.57 bits per heavy atom. The predicted molar refractivity (Wildman–Crippen MR) is 29.3 cm³/mol. The maximum absolute atomic E-state index is 11.7. The van der Waals surface area contributed by atoms with Crippen molar-refractivity contribution in [2.45, 2.75) is 13.1 Å². The van der Waals surface area contributed by atoms with Gasteiger partial charge in [-0.25, -0.2) is 4.39 Å². The van der Waals surface area contributed by atoms with Crippen LogP contribution in [-0.4, -0.2) is 12.4 Å². The summed E-state index contributed by atoms with van der Waals surface area (Å²) in [6.07, 6.45) is 1.53. The molecule has 0 spiro atoms. The molecule has 0 radical (unpaired) electrons. The van der Waals surface area contributed by atoms with E-state index >= 15 is 0 Å². The molecule has 0 N–H and O–H groups in total. The van der Waals surface area contributed by atoms with Crippen LogP contribution in [0.5, 0.6) is 0 Å². The molecule has 1 unspecified atom stereocenters. The summed E-state index contributed by atoms with van der Waals surface area (Å²) in [6, 6.07) is 0. The number of alkyl halides is 1. The van der Waals surface area contributed by atoms with Crippen LogP contribution in [0.1, 0.15) is 6.92 Å². The van der Waals surface area contributed by atoms with Gasteiger partial charge in [-0.1, -0.05) is 6.58 Å². The van der Waals surface area contributed by atoms with Gasteiger partial charge >= 0.3 is 0 Å². The van der Waals surface area contributed by atoms with E-state index in [2.05, 4.69) is 11.6 Å². The summed E-state index contributed by atoms with van der Waals surface area (Å²) < 4.78 is 11.7. The second-order valence-corrected chi connectivity index (χ2v) is 1.16. The molecule has 0 aliphatic heterocycles. The molecule has 1 nitrogen and oxygen atoms in total. The zero-order valence-electron chi connectivity index (χ0n) is 4.26. The van der Waals surface area contributed by atoms with Gasteiger partial charge in [-0.15, -0.1) is 0 Å². The van der Waals surface area contributed by atoms with E-state index in [0.717, 1.165) is 0 Å². The van der Waals surface area contributed by atoms with Crippen LogP contribution in [-0.2, 0) is 0 Å². The van der Waals surface area contributed by atoms with Gasteiger partial charge in [0.05, 0.1) is 0 Å². The fourth-order valence-corrected chi connectivity index (χ4v) is 0.179. The molecule has 0 saturated heterocycles. The van der Waals surface area contributed by atoms with Crippen molar-refractivity contribution in [2.75, 3.05) is 0 Å². The summed E-state index contributed by atoms with van der Waals surface area (Å²) in [5.74, 6) is 0. The molecule has 0 aromatic carbocycles. The predicted octanol–water partition coefficient (Wildman–Crippen LogP) is 1.56. The highest BCUT2D eigenvalue weighted by atomic mass is 19.1. The Bertz CT molecular complexity index is 76.1. The van der Waals surface area contributed by atoms with Crippen LogP contribution in [0, 0.1) is 0 Å². The van der Waals surface area contributed by atoms with E-state index in [1.165, 1.54) is 19.3 Å². The standard InChI is InChI=1S/C5H8FN/c1-3-7-4-5(2)6/h3-5H,1H2,2H3. The molecule has 0 aliphatic rings. The number of hydrogen-bond acceptors (Lipinski definition) is 1. The fraction of sp³-hybridized carbons (Fsp3) is 0.400. The molecule has 0 aliphatic carbocycles. The van der Waals surface area contributed by atoms with E-state index in [1.807, 2.05) is 0 Å². The molecule has 0 aromatic rings. The second-order valence-electron chi connectivity index (χ2n) is 1.16. The van der Waals surface area contributed by atoms with Crippen LogP contribution in [0.25, 0.3) is 0 Å². The second kappa shape index (κ2) is 3.53. The van der Waals surface area contributed by atoms with Gasteiger partial charge in [0.25, 0.3) is 0 Å². The largest absolute Gasteiger partial charge is 0.267 e. The third-order valence-electron chi connectivity index (χ3n) is 0.397. The quantitative estimate of drug-likeness (QED) is 0.468. The van der Waals surface area contributed by atoms with Crippen molar-refractivity contribution < 1.29 is 4.39 Å². The molecule has 0 saturated carbocycles. The summed E-state index contributed by atoms with van der Waals surface area (Å²) in [7, 11) is 0. The highest BCUT2D eigenvalue weighted by molar-refractivity contribution is 5.62. The van der Waals surface area contributed by atoms with Crippen LogP contribution >= 0.6 is 0 Å². The minimum Gasteiger partial charge on any atom is -0.267 e. The van der Waals surface area contributed by atoms with Gasteiger partial charge in [0, 0.05) is 12.4 Å². The van der Waals surface area contributed by atoms with Crippen molar-refractivity contribution in [1.29, 1.82) is 0 Å². The van der Waals surface area contributed by atoms with Crippen molar-refractivity contribution in [3.63, 3.8) is 0 Å². The summed E-state index contributed by atoms with van der Waals surface area (Å²) >= 11 is 0. The van der Waals surface area contributed by atoms with Gasteiger partial charge in [-0.05, 0) is 6.92 Å². The van der Waals surface area contributed by atoms with E-state index in [4.69, 9.17) is 0 Å². The van der Waals surface area contributed by atoms with Gasteiger partial charge in [-0.2, -0.15) is 0 Å². The number of nitrogens with zero attached hydrogens (tertiary/aromatic N) is 1. The fourth-order valence-electron chi connectivity index (χ4n) is 0.179. The lowest BCUT2D eigenvalue weighted by Gasteiger charge is -1.82. The third kappa shape index (κ3) is 5.34. The van der Waals surface area contributed by atoms with Gasteiger partial charge in [0.2, 0.25) is 0 Å². The Balaban J connectivity index is 3.25. The molecule has 0 aromatic heterocycles. The van der Waals surface area contributed by atoms with Crippen LogP contribution in [0.4, 0.5) is 4.39 Å². The number of hydrogen-bond donors (Lipinski definition) is 0. The van der Waals surface area contributed by atoms with Crippen LogP contribution in [0.3, 0.4) is 0 Å². The summed E-state index contributed by atoms with van der Waals surface area (Å²) in [5, 5.41) is 0. The van der Waals surface area contributed by atoms with Gasteiger partial charge in [0.15, 0.2) is 0 Å². The van der Waals surface area contributed by atoms with Gasteiger partial charge in [0.1, 0.15) is 6.17 Å². The summed E-state index contributed by atoms with van der Waals surface area (Å²) in [4.78, 5) is 3.44. The Morgan fingerprint density at radius 2 is 2.43 bits per heavy atom. The van der Waals surface area contributed by atoms with Gasteiger partial charge in [-0.3, -0.25) is 4.99 Å². The summed E-state index contributed by atoms with van der Waals surface area (Å²) in [5.41, 5.74) is 0. The molecule has 0 amide bonds. The smallest absolute Gasteiger partial charge is 0.132 e. The van der Waals surface area contributed by atoms with Crippen molar-refractivity contribution in [3.8, 4) is 0 Å². The average Bonchev–Trinajstić information content (AvgIpc) is 1.61. The van der Waals surface area contributed by atoms with Crippen molar-refractivity contribution >= 4 is 6.21 Å². The maximum atomic E-state index is 11.7. The minimum atomic E-state index is -0.960. The monoisotopic (exact) mass is 101 g/mol. The molecule has 0 bridgehead atoms. The molecule has 1 atom stereocenters. The normalized spacial score (nSPS) is 14.6. The first-order valence-corrected chi connectivity index (χ1v) is 2.05. The molecule has 2 heteroatoms. The maximum Gasteiger partial charge on any atom is 0.132 e. The highest BCUT2D eigenvalue weighted by Crippen LogP contribution is 1.80. The van der Waals surface area contributed by atoms with E-state index in [0.29, 0.717) is 0 Å². The molecule has 0 fully saturated rings. The van der Waals surface area contributed by atoms with Crippen LogP contribution in [0.15, 0.2) is 17.8 Å². The van der Waals surface area contributed by atoms with Crippen LogP contribution in [0.2, 0.25) is 0 Å². The SMILES string of the molecule is C=CN=CC(C)F. The first-order valence-electron chi connectivity index (χ1n) is 2.05. The molecular weight excluding hydrogens is 93.1 g/mol. The zero-order valence-corrected chi connectivity index (χ0v) is 4.26. The number of halogens is 1. The zero-order chi connectivity index (χ0) is 5.70. The topological polar surface area (TPSA) is 12.4 Å². The number of rotatable bonds is 2. The molecular formula is C5H8FN. The van der Waals surface area contributed by atoms with Crippen molar-refractivity contribution in [1.82, 2.24) is 0 Å². The minimum absolute atomic E-state index is 0.960. The lowest BCUT2D eigenvalue weighted by Crippen LogP contribution is -1.90. The van der Waals surface area contributed by atoms with E-state index in [-0.39, 0.29) is 0 Å². The van der Waals surface area contributed by atoms with Gasteiger partial charge < -0.3 is 0 Å². The third-order valence-corrected chi connectivity index (χ3v) is 0.397. The van der Waals surface area contributed by atoms with E-state index < -0.39 is 6.17 Å². The Hall–Kier alpha value is -0.660.